The Labute approximate surface area is 124 Å². The minimum atomic E-state index is -0.533. The fourth-order valence-electron chi connectivity index (χ4n) is 2.34. The first kappa shape index (κ1) is 15.3. The smallest absolute Gasteiger partial charge is 0.255 e. The number of hydrogen-bond donors (Lipinski definition) is 3. The third-order valence-corrected chi connectivity index (χ3v) is 3.44. The Balaban J connectivity index is 1.79. The molecule has 1 fully saturated rings. The van der Waals surface area contributed by atoms with Crippen LogP contribution in [0.25, 0.3) is 0 Å². The number of rotatable bonds is 7. The maximum Gasteiger partial charge on any atom is 0.255 e. The summed E-state index contributed by atoms with van der Waals surface area (Å²) in [6, 6.07) is 6.93. The molecule has 1 aliphatic heterocycles. The molecular formula is C15H21N3O3. The van der Waals surface area contributed by atoms with Crippen LogP contribution in [0.2, 0.25) is 0 Å². The van der Waals surface area contributed by atoms with Gasteiger partial charge in [-0.1, -0.05) is 6.07 Å². The SMILES string of the molecule is NC(=O)COc1cccc(NC(=O)CCC2CCNC2)c1. The molecule has 1 unspecified atom stereocenters. The fraction of sp³-hybridized carbons (Fsp3) is 0.467. The van der Waals surface area contributed by atoms with E-state index in [9.17, 15) is 9.59 Å². The van der Waals surface area contributed by atoms with Crippen LogP contribution in [0.1, 0.15) is 19.3 Å². The molecule has 4 N–H and O–H groups in total. The Kier molecular flexibility index (Phi) is 5.57. The number of anilines is 1. The molecule has 0 bridgehead atoms. The molecule has 1 saturated heterocycles. The summed E-state index contributed by atoms with van der Waals surface area (Å²) in [5.74, 6) is 0.566. The van der Waals surface area contributed by atoms with Gasteiger partial charge in [0.05, 0.1) is 0 Å². The van der Waals surface area contributed by atoms with E-state index in [1.54, 1.807) is 24.3 Å². The monoisotopic (exact) mass is 291 g/mol. The van der Waals surface area contributed by atoms with Gasteiger partial charge in [-0.3, -0.25) is 9.59 Å². The number of benzene rings is 1. The van der Waals surface area contributed by atoms with E-state index in [4.69, 9.17) is 10.5 Å². The molecule has 2 rings (SSSR count). The summed E-state index contributed by atoms with van der Waals surface area (Å²) in [5.41, 5.74) is 5.68. The zero-order valence-electron chi connectivity index (χ0n) is 11.9. The number of carbonyl (C=O) groups excluding carboxylic acids is 2. The first-order chi connectivity index (χ1) is 10.1. The van der Waals surface area contributed by atoms with Gasteiger partial charge in [-0.15, -0.1) is 0 Å². The highest BCUT2D eigenvalue weighted by Crippen LogP contribution is 2.19. The van der Waals surface area contributed by atoms with E-state index in [1.807, 2.05) is 0 Å². The van der Waals surface area contributed by atoms with Crippen molar-refractivity contribution >= 4 is 17.5 Å². The van der Waals surface area contributed by atoms with Gasteiger partial charge in [0.25, 0.3) is 5.91 Å². The van der Waals surface area contributed by atoms with Crippen molar-refractivity contribution in [3.05, 3.63) is 24.3 Å². The van der Waals surface area contributed by atoms with Gasteiger partial charge >= 0.3 is 0 Å². The Bertz CT molecular complexity index is 499. The molecule has 0 aliphatic carbocycles. The van der Waals surface area contributed by atoms with Gasteiger partial charge in [0, 0.05) is 18.2 Å². The lowest BCUT2D eigenvalue weighted by Crippen LogP contribution is -2.20. The van der Waals surface area contributed by atoms with Gasteiger partial charge in [-0.2, -0.15) is 0 Å². The normalized spacial score (nSPS) is 17.4. The van der Waals surface area contributed by atoms with E-state index in [2.05, 4.69) is 10.6 Å². The first-order valence-corrected chi connectivity index (χ1v) is 7.15. The Morgan fingerprint density at radius 3 is 3.00 bits per heavy atom. The first-order valence-electron chi connectivity index (χ1n) is 7.15. The molecule has 114 valence electrons. The van der Waals surface area contributed by atoms with Crippen LogP contribution in [0.4, 0.5) is 5.69 Å². The standard InChI is InChI=1S/C15H21N3O3/c16-14(19)10-21-13-3-1-2-12(8-13)18-15(20)5-4-11-6-7-17-9-11/h1-3,8,11,17H,4-7,9-10H2,(H2,16,19)(H,18,20). The molecule has 6 heteroatoms. The Hall–Kier alpha value is -2.08. The zero-order chi connectivity index (χ0) is 15.1. The largest absolute Gasteiger partial charge is 0.484 e. The number of hydrogen-bond acceptors (Lipinski definition) is 4. The number of primary amides is 1. The van der Waals surface area contributed by atoms with Crippen molar-refractivity contribution in [2.75, 3.05) is 25.0 Å². The van der Waals surface area contributed by atoms with Crippen LogP contribution in [0, 0.1) is 5.92 Å². The Morgan fingerprint density at radius 2 is 2.29 bits per heavy atom. The summed E-state index contributed by atoms with van der Waals surface area (Å²) < 4.78 is 5.20. The molecule has 21 heavy (non-hydrogen) atoms. The van der Waals surface area contributed by atoms with E-state index in [1.165, 1.54) is 0 Å². The van der Waals surface area contributed by atoms with E-state index in [0.717, 1.165) is 25.9 Å². The molecule has 2 amide bonds. The highest BCUT2D eigenvalue weighted by molar-refractivity contribution is 5.90. The number of carbonyl (C=O) groups is 2. The highest BCUT2D eigenvalue weighted by atomic mass is 16.5. The predicted molar refractivity (Wildman–Crippen MR) is 80.0 cm³/mol. The summed E-state index contributed by atoms with van der Waals surface area (Å²) in [5, 5.41) is 6.13. The van der Waals surface area contributed by atoms with Crippen LogP contribution in [0.3, 0.4) is 0 Å². The Morgan fingerprint density at radius 1 is 1.43 bits per heavy atom. The van der Waals surface area contributed by atoms with Gasteiger partial charge in [0.2, 0.25) is 5.91 Å². The zero-order valence-corrected chi connectivity index (χ0v) is 11.9. The lowest BCUT2D eigenvalue weighted by atomic mass is 10.0. The van der Waals surface area contributed by atoms with Gasteiger partial charge in [0.1, 0.15) is 5.75 Å². The third-order valence-electron chi connectivity index (χ3n) is 3.44. The van der Waals surface area contributed by atoms with Crippen LogP contribution in [0.5, 0.6) is 5.75 Å². The van der Waals surface area contributed by atoms with E-state index in [-0.39, 0.29) is 12.5 Å². The maximum absolute atomic E-state index is 11.9. The number of nitrogens with one attached hydrogen (secondary N) is 2. The van der Waals surface area contributed by atoms with E-state index in [0.29, 0.717) is 23.8 Å². The molecular weight excluding hydrogens is 270 g/mol. The van der Waals surface area contributed by atoms with Crippen LogP contribution < -0.4 is 21.1 Å². The van der Waals surface area contributed by atoms with Crippen LogP contribution in [-0.2, 0) is 9.59 Å². The maximum atomic E-state index is 11.9. The lowest BCUT2D eigenvalue weighted by molar-refractivity contribution is -0.120. The molecule has 1 aromatic rings. The summed E-state index contributed by atoms with van der Waals surface area (Å²) in [6.07, 6.45) is 2.55. The van der Waals surface area contributed by atoms with Crippen molar-refractivity contribution in [2.45, 2.75) is 19.3 Å². The summed E-state index contributed by atoms with van der Waals surface area (Å²) in [4.78, 5) is 22.6. The van der Waals surface area contributed by atoms with Gasteiger partial charge in [-0.05, 0) is 44.0 Å². The van der Waals surface area contributed by atoms with Crippen LogP contribution in [-0.4, -0.2) is 31.5 Å². The van der Waals surface area contributed by atoms with Crippen LogP contribution >= 0.6 is 0 Å². The number of nitrogens with two attached hydrogens (primary N) is 1. The van der Waals surface area contributed by atoms with Crippen LogP contribution in [0.15, 0.2) is 24.3 Å². The molecule has 0 spiro atoms. The van der Waals surface area contributed by atoms with E-state index >= 15 is 0 Å². The fourth-order valence-corrected chi connectivity index (χ4v) is 2.34. The van der Waals surface area contributed by atoms with Gasteiger partial charge in [-0.25, -0.2) is 0 Å². The molecule has 1 aromatic carbocycles. The van der Waals surface area contributed by atoms with Gasteiger partial charge in [0.15, 0.2) is 6.61 Å². The number of amides is 2. The molecule has 0 saturated carbocycles. The molecule has 0 radical (unpaired) electrons. The van der Waals surface area contributed by atoms with Crippen molar-refractivity contribution in [1.29, 1.82) is 0 Å². The van der Waals surface area contributed by atoms with Crippen molar-refractivity contribution in [2.24, 2.45) is 11.7 Å². The van der Waals surface area contributed by atoms with Crippen molar-refractivity contribution < 1.29 is 14.3 Å². The van der Waals surface area contributed by atoms with Gasteiger partial charge < -0.3 is 21.1 Å². The van der Waals surface area contributed by atoms with Crippen molar-refractivity contribution in [1.82, 2.24) is 5.32 Å². The third kappa shape index (κ3) is 5.43. The summed E-state index contributed by atoms with van der Waals surface area (Å²) in [7, 11) is 0. The average Bonchev–Trinajstić information content (AvgIpc) is 2.97. The molecule has 0 aromatic heterocycles. The number of ether oxygens (including phenoxy) is 1. The second kappa shape index (κ2) is 7.64. The minimum Gasteiger partial charge on any atom is -0.484 e. The molecule has 6 nitrogen and oxygen atoms in total. The minimum absolute atomic E-state index is 0.00560. The average molecular weight is 291 g/mol. The molecule has 1 atom stereocenters. The van der Waals surface area contributed by atoms with Crippen molar-refractivity contribution in [3.8, 4) is 5.75 Å². The predicted octanol–water partition coefficient (Wildman–Crippen LogP) is 0.879. The summed E-state index contributed by atoms with van der Waals surface area (Å²) >= 11 is 0. The van der Waals surface area contributed by atoms with Crippen molar-refractivity contribution in [3.63, 3.8) is 0 Å². The molecule has 1 heterocycles. The lowest BCUT2D eigenvalue weighted by Gasteiger charge is -2.10. The second-order valence-corrected chi connectivity index (χ2v) is 5.23. The quantitative estimate of drug-likeness (QED) is 0.695. The second-order valence-electron chi connectivity index (χ2n) is 5.23. The van der Waals surface area contributed by atoms with E-state index < -0.39 is 5.91 Å². The highest BCUT2D eigenvalue weighted by Gasteiger charge is 2.15. The molecule has 1 aliphatic rings. The summed E-state index contributed by atoms with van der Waals surface area (Å²) in [6.45, 7) is 1.88. The topological polar surface area (TPSA) is 93.5 Å².